The SMILES string of the molecule is CC(C)[C@H](N)C(=O)Nc1cccc2cccnc12. The highest BCUT2D eigenvalue weighted by molar-refractivity contribution is 6.02. The Morgan fingerprint density at radius 3 is 2.72 bits per heavy atom. The summed E-state index contributed by atoms with van der Waals surface area (Å²) in [5.41, 5.74) is 7.30. The summed E-state index contributed by atoms with van der Waals surface area (Å²) in [7, 11) is 0. The van der Waals surface area contributed by atoms with Crippen LogP contribution in [0.3, 0.4) is 0 Å². The van der Waals surface area contributed by atoms with Crippen molar-refractivity contribution >= 4 is 22.5 Å². The normalized spacial score (nSPS) is 12.7. The fourth-order valence-corrected chi connectivity index (χ4v) is 1.72. The van der Waals surface area contributed by atoms with Crippen molar-refractivity contribution in [2.75, 3.05) is 5.32 Å². The number of nitrogens with two attached hydrogens (primary N) is 1. The molecular weight excluding hydrogens is 226 g/mol. The van der Waals surface area contributed by atoms with Gasteiger partial charge in [0, 0.05) is 11.6 Å². The van der Waals surface area contributed by atoms with Crippen LogP contribution in [0.4, 0.5) is 5.69 Å². The van der Waals surface area contributed by atoms with Gasteiger partial charge in [0.05, 0.1) is 17.2 Å². The first-order valence-electron chi connectivity index (χ1n) is 6.00. The van der Waals surface area contributed by atoms with Crippen molar-refractivity contribution < 1.29 is 4.79 Å². The van der Waals surface area contributed by atoms with E-state index >= 15 is 0 Å². The molecule has 18 heavy (non-hydrogen) atoms. The van der Waals surface area contributed by atoms with Crippen molar-refractivity contribution in [3.63, 3.8) is 0 Å². The van der Waals surface area contributed by atoms with E-state index in [1.807, 2.05) is 44.2 Å². The number of hydrogen-bond donors (Lipinski definition) is 2. The summed E-state index contributed by atoms with van der Waals surface area (Å²) in [5, 5.41) is 3.83. The fraction of sp³-hybridized carbons (Fsp3) is 0.286. The van der Waals surface area contributed by atoms with E-state index in [-0.39, 0.29) is 11.8 Å². The van der Waals surface area contributed by atoms with Crippen molar-refractivity contribution in [1.29, 1.82) is 0 Å². The number of rotatable bonds is 3. The summed E-state index contributed by atoms with van der Waals surface area (Å²) in [4.78, 5) is 16.2. The van der Waals surface area contributed by atoms with E-state index in [2.05, 4.69) is 10.3 Å². The third-order valence-corrected chi connectivity index (χ3v) is 2.91. The maximum atomic E-state index is 11.9. The zero-order valence-corrected chi connectivity index (χ0v) is 10.6. The molecule has 1 aromatic carbocycles. The first-order valence-corrected chi connectivity index (χ1v) is 6.00. The summed E-state index contributed by atoms with van der Waals surface area (Å²) >= 11 is 0. The van der Waals surface area contributed by atoms with Crippen LogP contribution in [0, 0.1) is 5.92 Å². The van der Waals surface area contributed by atoms with E-state index in [1.54, 1.807) is 6.20 Å². The highest BCUT2D eigenvalue weighted by Crippen LogP contribution is 2.20. The molecule has 0 radical (unpaired) electrons. The molecule has 2 aromatic rings. The highest BCUT2D eigenvalue weighted by atomic mass is 16.2. The Bertz CT molecular complexity index is 560. The lowest BCUT2D eigenvalue weighted by molar-refractivity contribution is -0.118. The average Bonchev–Trinajstić information content (AvgIpc) is 2.38. The predicted molar refractivity (Wildman–Crippen MR) is 73.2 cm³/mol. The third-order valence-electron chi connectivity index (χ3n) is 2.91. The molecule has 1 atom stereocenters. The second-order valence-corrected chi connectivity index (χ2v) is 4.64. The topological polar surface area (TPSA) is 68.0 Å². The number of fused-ring (bicyclic) bond motifs is 1. The third kappa shape index (κ3) is 2.49. The number of anilines is 1. The van der Waals surface area contributed by atoms with Crippen molar-refractivity contribution in [2.45, 2.75) is 19.9 Å². The number of aromatic nitrogens is 1. The number of pyridine rings is 1. The first-order chi connectivity index (χ1) is 8.59. The van der Waals surface area contributed by atoms with Crippen LogP contribution in [0.25, 0.3) is 10.9 Å². The Balaban J connectivity index is 2.30. The van der Waals surface area contributed by atoms with E-state index in [0.717, 1.165) is 10.9 Å². The van der Waals surface area contributed by atoms with Gasteiger partial charge in [-0.15, -0.1) is 0 Å². The van der Waals surface area contributed by atoms with E-state index < -0.39 is 6.04 Å². The minimum Gasteiger partial charge on any atom is -0.323 e. The molecule has 1 aromatic heterocycles. The largest absolute Gasteiger partial charge is 0.323 e. The molecule has 2 rings (SSSR count). The molecule has 0 spiro atoms. The lowest BCUT2D eigenvalue weighted by atomic mass is 10.0. The molecular formula is C14H17N3O. The van der Waals surface area contributed by atoms with Gasteiger partial charge in [0.2, 0.25) is 5.91 Å². The van der Waals surface area contributed by atoms with Gasteiger partial charge in [0.25, 0.3) is 0 Å². The predicted octanol–water partition coefficient (Wildman–Crippen LogP) is 2.16. The summed E-state index contributed by atoms with van der Waals surface area (Å²) in [6.07, 6.45) is 1.71. The lowest BCUT2D eigenvalue weighted by Crippen LogP contribution is -2.39. The summed E-state index contributed by atoms with van der Waals surface area (Å²) < 4.78 is 0. The number of nitrogens with one attached hydrogen (secondary N) is 1. The molecule has 4 heteroatoms. The van der Waals surface area contributed by atoms with Crippen LogP contribution in [-0.4, -0.2) is 16.9 Å². The van der Waals surface area contributed by atoms with E-state index in [9.17, 15) is 4.79 Å². The van der Waals surface area contributed by atoms with Gasteiger partial charge in [0.1, 0.15) is 0 Å². The van der Waals surface area contributed by atoms with E-state index in [1.165, 1.54) is 0 Å². The van der Waals surface area contributed by atoms with Gasteiger partial charge in [-0.3, -0.25) is 9.78 Å². The van der Waals surface area contributed by atoms with Crippen LogP contribution in [0.5, 0.6) is 0 Å². The molecule has 0 aliphatic heterocycles. The summed E-state index contributed by atoms with van der Waals surface area (Å²) in [6, 6.07) is 9.00. The fourth-order valence-electron chi connectivity index (χ4n) is 1.72. The molecule has 0 aliphatic rings. The Morgan fingerprint density at radius 1 is 1.28 bits per heavy atom. The van der Waals surface area contributed by atoms with E-state index in [4.69, 9.17) is 5.73 Å². The molecule has 0 unspecified atom stereocenters. The minimum atomic E-state index is -0.510. The number of amides is 1. The summed E-state index contributed by atoms with van der Waals surface area (Å²) in [5.74, 6) is -0.0731. The summed E-state index contributed by atoms with van der Waals surface area (Å²) in [6.45, 7) is 3.84. The second kappa shape index (κ2) is 5.14. The zero-order valence-electron chi connectivity index (χ0n) is 10.6. The molecule has 3 N–H and O–H groups in total. The van der Waals surface area contributed by atoms with Crippen molar-refractivity contribution in [2.24, 2.45) is 11.7 Å². The molecule has 1 amide bonds. The van der Waals surface area contributed by atoms with Gasteiger partial charge in [0.15, 0.2) is 0 Å². The molecule has 0 fully saturated rings. The Hall–Kier alpha value is -1.94. The number of carbonyl (C=O) groups excluding carboxylic acids is 1. The molecule has 94 valence electrons. The minimum absolute atomic E-state index is 0.105. The molecule has 0 saturated carbocycles. The molecule has 1 heterocycles. The lowest BCUT2D eigenvalue weighted by Gasteiger charge is -2.16. The number of benzene rings is 1. The van der Waals surface area contributed by atoms with Gasteiger partial charge in [-0.05, 0) is 18.1 Å². The van der Waals surface area contributed by atoms with Gasteiger partial charge < -0.3 is 11.1 Å². The van der Waals surface area contributed by atoms with Gasteiger partial charge in [-0.25, -0.2) is 0 Å². The van der Waals surface area contributed by atoms with Crippen LogP contribution in [0.15, 0.2) is 36.5 Å². The maximum absolute atomic E-state index is 11.9. The van der Waals surface area contributed by atoms with Crippen molar-refractivity contribution in [3.8, 4) is 0 Å². The number of nitrogens with zero attached hydrogens (tertiary/aromatic N) is 1. The Morgan fingerprint density at radius 2 is 2.00 bits per heavy atom. The Labute approximate surface area is 106 Å². The number of carbonyl (C=O) groups is 1. The van der Waals surface area contributed by atoms with Crippen LogP contribution < -0.4 is 11.1 Å². The zero-order chi connectivity index (χ0) is 13.1. The number of para-hydroxylation sites is 1. The molecule has 4 nitrogen and oxygen atoms in total. The van der Waals surface area contributed by atoms with E-state index in [0.29, 0.717) is 5.69 Å². The quantitative estimate of drug-likeness (QED) is 0.868. The highest BCUT2D eigenvalue weighted by Gasteiger charge is 2.17. The van der Waals surface area contributed by atoms with Gasteiger partial charge in [-0.1, -0.05) is 32.0 Å². The van der Waals surface area contributed by atoms with Crippen LogP contribution in [-0.2, 0) is 4.79 Å². The monoisotopic (exact) mass is 243 g/mol. The van der Waals surface area contributed by atoms with Crippen LogP contribution >= 0.6 is 0 Å². The van der Waals surface area contributed by atoms with Crippen LogP contribution in [0.2, 0.25) is 0 Å². The second-order valence-electron chi connectivity index (χ2n) is 4.64. The van der Waals surface area contributed by atoms with Crippen LogP contribution in [0.1, 0.15) is 13.8 Å². The Kier molecular flexibility index (Phi) is 3.58. The number of hydrogen-bond acceptors (Lipinski definition) is 3. The van der Waals surface area contributed by atoms with Crippen molar-refractivity contribution in [3.05, 3.63) is 36.5 Å². The first kappa shape index (κ1) is 12.5. The molecule has 0 saturated heterocycles. The molecule has 0 aliphatic carbocycles. The van der Waals surface area contributed by atoms with Gasteiger partial charge >= 0.3 is 0 Å². The van der Waals surface area contributed by atoms with Crippen molar-refractivity contribution in [1.82, 2.24) is 4.98 Å². The molecule has 0 bridgehead atoms. The maximum Gasteiger partial charge on any atom is 0.241 e. The van der Waals surface area contributed by atoms with Gasteiger partial charge in [-0.2, -0.15) is 0 Å². The average molecular weight is 243 g/mol. The smallest absolute Gasteiger partial charge is 0.241 e. The standard InChI is InChI=1S/C14H17N3O/c1-9(2)12(15)14(18)17-11-7-3-5-10-6-4-8-16-13(10)11/h3-9,12H,15H2,1-2H3,(H,17,18)/t12-/m0/s1.